The van der Waals surface area contributed by atoms with E-state index in [9.17, 15) is 8.76 Å². The second-order valence-electron chi connectivity index (χ2n) is 5.06. The van der Waals surface area contributed by atoms with E-state index in [0.717, 1.165) is 23.3 Å². The van der Waals surface area contributed by atoms with Gasteiger partial charge in [0.2, 0.25) is 0 Å². The monoisotopic (exact) mass is 346 g/mol. The van der Waals surface area contributed by atoms with Crippen molar-refractivity contribution >= 4 is 39.3 Å². The van der Waals surface area contributed by atoms with Crippen molar-refractivity contribution in [2.24, 2.45) is 0 Å². The molecule has 0 aliphatic rings. The van der Waals surface area contributed by atoms with Crippen molar-refractivity contribution in [2.75, 3.05) is 24.3 Å². The Labute approximate surface area is 141 Å². The first-order valence-corrected chi connectivity index (χ1v) is 8.51. The number of hydrogen-bond donors (Lipinski definition) is 4. The van der Waals surface area contributed by atoms with Crippen molar-refractivity contribution in [3.63, 3.8) is 0 Å². The van der Waals surface area contributed by atoms with Crippen LogP contribution in [0.2, 0.25) is 0 Å². The molecule has 3 aromatic rings. The third-order valence-electron chi connectivity index (χ3n) is 3.53. The molecule has 0 aliphatic heterocycles. The zero-order chi connectivity index (χ0) is 17.1. The zero-order valence-corrected chi connectivity index (χ0v) is 14.1. The Kier molecular flexibility index (Phi) is 4.68. The van der Waals surface area contributed by atoms with Crippen LogP contribution in [0.25, 0.3) is 11.0 Å². The summed E-state index contributed by atoms with van der Waals surface area (Å²) < 4.78 is 25.7. The molecule has 4 N–H and O–H groups in total. The molecule has 0 bridgehead atoms. The van der Waals surface area contributed by atoms with Crippen molar-refractivity contribution < 1.29 is 13.5 Å². The summed E-state index contributed by atoms with van der Waals surface area (Å²) in [6, 6.07) is 8.67. The van der Waals surface area contributed by atoms with Gasteiger partial charge in [-0.25, -0.2) is 9.19 Å². The van der Waals surface area contributed by atoms with E-state index in [1.54, 1.807) is 12.1 Å². The molecule has 24 heavy (non-hydrogen) atoms. The molecule has 0 fully saturated rings. The normalized spacial score (nSPS) is 12.1. The van der Waals surface area contributed by atoms with Gasteiger partial charge in [0.25, 0.3) is 0 Å². The topological polar surface area (TPSA) is 99.3 Å². The molecule has 0 amide bonds. The molecule has 7 nitrogen and oxygen atoms in total. The summed E-state index contributed by atoms with van der Waals surface area (Å²) in [5.41, 5.74) is 2.40. The first-order valence-electron chi connectivity index (χ1n) is 7.40. The molecule has 8 heteroatoms. The number of anilines is 3. The van der Waals surface area contributed by atoms with E-state index in [0.29, 0.717) is 17.3 Å². The first kappa shape index (κ1) is 16.3. The molecular formula is C16H18N4O3S. The van der Waals surface area contributed by atoms with Gasteiger partial charge >= 0.3 is 0 Å². The summed E-state index contributed by atoms with van der Waals surface area (Å²) in [5, 5.41) is 7.52. The van der Waals surface area contributed by atoms with Crippen molar-refractivity contribution in [3.05, 3.63) is 36.5 Å². The molecule has 1 aromatic carbocycles. The summed E-state index contributed by atoms with van der Waals surface area (Å²) in [5.74, 6) is 1.10. The van der Waals surface area contributed by atoms with Gasteiger partial charge in [-0.15, -0.1) is 0 Å². The van der Waals surface area contributed by atoms with E-state index >= 15 is 0 Å². The van der Waals surface area contributed by atoms with E-state index in [1.807, 2.05) is 25.3 Å². The molecule has 126 valence electrons. The maximum absolute atomic E-state index is 11.2. The minimum absolute atomic E-state index is 0.276. The van der Waals surface area contributed by atoms with Gasteiger partial charge in [-0.2, -0.15) is 0 Å². The second kappa shape index (κ2) is 6.90. The van der Waals surface area contributed by atoms with Gasteiger partial charge in [0.1, 0.15) is 17.2 Å². The average Bonchev–Trinajstić information content (AvgIpc) is 3.04. The standard InChI is InChI=1S/C16H18N4O3S/c1-3-17-13-9-15(20-16-11(13)6-7-18-16)19-12-5-4-10(24(21)22)8-14(12)23-2/h4-9H,3H2,1-2H3,(H,21,22)(H3,17,18,19,20). The van der Waals surface area contributed by atoms with Crippen LogP contribution in [0, 0.1) is 0 Å². The van der Waals surface area contributed by atoms with Gasteiger partial charge in [-0.1, -0.05) is 0 Å². The Morgan fingerprint density at radius 2 is 2.12 bits per heavy atom. The average molecular weight is 346 g/mol. The van der Waals surface area contributed by atoms with E-state index in [1.165, 1.54) is 13.2 Å². The van der Waals surface area contributed by atoms with Crippen LogP contribution in [0.15, 0.2) is 41.4 Å². The van der Waals surface area contributed by atoms with E-state index in [2.05, 4.69) is 20.6 Å². The minimum Gasteiger partial charge on any atom is -0.495 e. The summed E-state index contributed by atoms with van der Waals surface area (Å²) in [4.78, 5) is 7.91. The number of benzene rings is 1. The van der Waals surface area contributed by atoms with Gasteiger partial charge in [-0.3, -0.25) is 0 Å². The molecule has 1 atom stereocenters. The highest BCUT2D eigenvalue weighted by atomic mass is 32.2. The van der Waals surface area contributed by atoms with Gasteiger partial charge in [0.15, 0.2) is 11.1 Å². The highest BCUT2D eigenvalue weighted by Crippen LogP contribution is 2.31. The van der Waals surface area contributed by atoms with Crippen molar-refractivity contribution in [3.8, 4) is 5.75 Å². The Morgan fingerprint density at radius 3 is 2.83 bits per heavy atom. The Bertz CT molecular complexity index is 894. The number of fused-ring (bicyclic) bond motifs is 1. The maximum atomic E-state index is 11.2. The van der Waals surface area contributed by atoms with E-state index < -0.39 is 11.1 Å². The number of rotatable bonds is 6. The molecule has 2 aromatic heterocycles. The van der Waals surface area contributed by atoms with Crippen molar-refractivity contribution in [1.29, 1.82) is 0 Å². The number of aromatic nitrogens is 2. The quantitative estimate of drug-likeness (QED) is 0.511. The zero-order valence-electron chi connectivity index (χ0n) is 13.3. The molecule has 2 heterocycles. The predicted octanol–water partition coefficient (Wildman–Crippen LogP) is 3.33. The lowest BCUT2D eigenvalue weighted by Gasteiger charge is -2.13. The van der Waals surface area contributed by atoms with Crippen molar-refractivity contribution in [2.45, 2.75) is 11.8 Å². The number of pyridine rings is 1. The lowest BCUT2D eigenvalue weighted by molar-refractivity contribution is 0.415. The molecule has 0 saturated heterocycles. The third kappa shape index (κ3) is 3.19. The Balaban J connectivity index is 1.98. The molecule has 0 aliphatic carbocycles. The number of ether oxygens (including phenoxy) is 1. The molecule has 0 spiro atoms. The van der Waals surface area contributed by atoms with E-state index in [4.69, 9.17) is 4.74 Å². The van der Waals surface area contributed by atoms with Gasteiger partial charge in [0, 0.05) is 35.9 Å². The first-order chi connectivity index (χ1) is 11.6. The van der Waals surface area contributed by atoms with Gasteiger partial charge < -0.3 is 24.9 Å². The van der Waals surface area contributed by atoms with Gasteiger partial charge in [0.05, 0.1) is 17.7 Å². The van der Waals surface area contributed by atoms with Crippen LogP contribution < -0.4 is 15.4 Å². The lowest BCUT2D eigenvalue weighted by Crippen LogP contribution is -2.02. The largest absolute Gasteiger partial charge is 0.495 e. The second-order valence-corrected chi connectivity index (χ2v) is 6.03. The molecular weight excluding hydrogens is 328 g/mol. The summed E-state index contributed by atoms with van der Waals surface area (Å²) in [6.07, 6.45) is 1.84. The SMILES string of the molecule is CCNc1cc(Nc2ccc(S(=O)O)cc2OC)nc2[nH]ccc12. The number of nitrogens with zero attached hydrogens (tertiary/aromatic N) is 1. The predicted molar refractivity (Wildman–Crippen MR) is 95.6 cm³/mol. The fraction of sp³-hybridized carbons (Fsp3) is 0.188. The Morgan fingerprint density at radius 1 is 1.29 bits per heavy atom. The third-order valence-corrected chi connectivity index (χ3v) is 4.19. The summed E-state index contributed by atoms with van der Waals surface area (Å²) >= 11 is -2.05. The van der Waals surface area contributed by atoms with Crippen LogP contribution in [0.5, 0.6) is 5.75 Å². The summed E-state index contributed by atoms with van der Waals surface area (Å²) in [6.45, 7) is 2.83. The van der Waals surface area contributed by atoms with Crippen LogP contribution in [0.3, 0.4) is 0 Å². The lowest BCUT2D eigenvalue weighted by atomic mass is 10.2. The fourth-order valence-corrected chi connectivity index (χ4v) is 2.85. The maximum Gasteiger partial charge on any atom is 0.186 e. The van der Waals surface area contributed by atoms with Crippen LogP contribution >= 0.6 is 0 Å². The number of methoxy groups -OCH3 is 1. The minimum atomic E-state index is -2.05. The molecule has 0 radical (unpaired) electrons. The molecule has 1 unspecified atom stereocenters. The van der Waals surface area contributed by atoms with Gasteiger partial charge in [-0.05, 0) is 25.1 Å². The fourth-order valence-electron chi connectivity index (χ4n) is 2.46. The smallest absolute Gasteiger partial charge is 0.186 e. The van der Waals surface area contributed by atoms with Crippen LogP contribution in [0.4, 0.5) is 17.2 Å². The summed E-state index contributed by atoms with van der Waals surface area (Å²) in [7, 11) is 1.51. The van der Waals surface area contributed by atoms with Crippen LogP contribution in [-0.4, -0.2) is 32.4 Å². The molecule has 0 saturated carbocycles. The molecule has 3 rings (SSSR count). The Hall–Kier alpha value is -2.58. The van der Waals surface area contributed by atoms with Crippen LogP contribution in [0.1, 0.15) is 6.92 Å². The number of hydrogen-bond acceptors (Lipinski definition) is 5. The van der Waals surface area contributed by atoms with Crippen molar-refractivity contribution in [1.82, 2.24) is 9.97 Å². The number of nitrogens with one attached hydrogen (secondary N) is 3. The number of H-pyrrole nitrogens is 1. The highest BCUT2D eigenvalue weighted by Gasteiger charge is 2.11. The van der Waals surface area contributed by atoms with E-state index in [-0.39, 0.29) is 4.90 Å². The number of aromatic amines is 1. The van der Waals surface area contributed by atoms with Crippen LogP contribution in [-0.2, 0) is 11.1 Å². The highest BCUT2D eigenvalue weighted by molar-refractivity contribution is 7.79.